The van der Waals surface area contributed by atoms with Gasteiger partial charge in [-0.05, 0) is 0 Å². The summed E-state index contributed by atoms with van der Waals surface area (Å²) in [5.74, 6) is -1.27. The molecule has 3 rings (SSSR count). The highest BCUT2D eigenvalue weighted by molar-refractivity contribution is 5.87. The van der Waals surface area contributed by atoms with Gasteiger partial charge in [0.2, 0.25) is 5.91 Å². The first-order chi connectivity index (χ1) is 10.1. The second kappa shape index (κ2) is 6.94. The maximum atomic E-state index is 12.0. The number of methoxy groups -OCH3 is 1. The molecule has 1 amide bonds. The van der Waals surface area contributed by atoms with Gasteiger partial charge in [-0.15, -0.1) is 0 Å². The maximum Gasteiger partial charge on any atom is 0.329 e. The van der Waals surface area contributed by atoms with Crippen LogP contribution in [-0.2, 0) is 28.6 Å². The fourth-order valence-electron chi connectivity index (χ4n) is 2.34. The van der Waals surface area contributed by atoms with Crippen LogP contribution in [0, 0.1) is 0 Å². The quantitative estimate of drug-likeness (QED) is 0.292. The van der Waals surface area contributed by atoms with Crippen LogP contribution in [0.15, 0.2) is 0 Å². The summed E-state index contributed by atoms with van der Waals surface area (Å²) < 4.78 is 15.7. The van der Waals surface area contributed by atoms with Crippen molar-refractivity contribution < 1.29 is 33.7 Å². The molecular weight excluding hydrogens is 284 g/mol. The molecule has 118 valence electrons. The minimum Gasteiger partial charge on any atom is -0.455 e. The number of carbonyl (C=O) groups excluding carboxylic acids is 3. The van der Waals surface area contributed by atoms with E-state index in [1.165, 1.54) is 7.11 Å². The molecule has 21 heavy (non-hydrogen) atoms. The van der Waals surface area contributed by atoms with E-state index in [2.05, 4.69) is 10.6 Å². The highest BCUT2D eigenvalue weighted by Crippen LogP contribution is 2.20. The molecule has 9 nitrogen and oxygen atoms in total. The molecule has 3 aliphatic heterocycles. The highest BCUT2D eigenvalue weighted by atomic mass is 16.6. The van der Waals surface area contributed by atoms with E-state index in [1.807, 2.05) is 0 Å². The molecular formula is C12H18N2O7. The first-order valence-corrected chi connectivity index (χ1v) is 6.56. The number of aliphatic hydroxyl groups is 1. The summed E-state index contributed by atoms with van der Waals surface area (Å²) in [5.41, 5.74) is 0. The van der Waals surface area contributed by atoms with E-state index in [-0.39, 0.29) is 19.6 Å². The van der Waals surface area contributed by atoms with Crippen molar-refractivity contribution >= 4 is 18.2 Å². The summed E-state index contributed by atoms with van der Waals surface area (Å²) in [6, 6.07) is -1.07. The summed E-state index contributed by atoms with van der Waals surface area (Å²) in [6.07, 6.45) is -3.18. The molecule has 2 bridgehead atoms. The van der Waals surface area contributed by atoms with Gasteiger partial charge in [-0.3, -0.25) is 10.1 Å². The largest absolute Gasteiger partial charge is 0.455 e. The van der Waals surface area contributed by atoms with Crippen LogP contribution in [-0.4, -0.2) is 74.1 Å². The number of carbonyl (C=O) groups is 3. The molecule has 0 aliphatic carbocycles. The van der Waals surface area contributed by atoms with Crippen LogP contribution in [0.4, 0.5) is 0 Å². The van der Waals surface area contributed by atoms with Gasteiger partial charge in [-0.1, -0.05) is 0 Å². The molecule has 0 saturated carbocycles. The normalized spacial score (nSPS) is 37.3. The molecule has 3 fully saturated rings. The van der Waals surface area contributed by atoms with Crippen LogP contribution in [0.25, 0.3) is 0 Å². The number of aldehydes is 1. The van der Waals surface area contributed by atoms with Crippen LogP contribution < -0.4 is 10.6 Å². The lowest BCUT2D eigenvalue weighted by Gasteiger charge is -2.38. The zero-order chi connectivity index (χ0) is 15.4. The van der Waals surface area contributed by atoms with Gasteiger partial charge in [-0.2, -0.15) is 0 Å². The Balaban J connectivity index is 2.22. The van der Waals surface area contributed by atoms with E-state index >= 15 is 0 Å². The Kier molecular flexibility index (Phi) is 5.23. The zero-order valence-electron chi connectivity index (χ0n) is 11.5. The number of ether oxygens (including phenoxy) is 3. The van der Waals surface area contributed by atoms with Crippen molar-refractivity contribution in [1.29, 1.82) is 0 Å². The molecule has 3 heterocycles. The summed E-state index contributed by atoms with van der Waals surface area (Å²) in [4.78, 5) is 34.3. The Hall–Kier alpha value is -1.55. The van der Waals surface area contributed by atoms with Crippen molar-refractivity contribution in [2.24, 2.45) is 0 Å². The third-order valence-corrected chi connectivity index (χ3v) is 3.41. The third-order valence-electron chi connectivity index (χ3n) is 3.41. The molecule has 0 aromatic carbocycles. The molecule has 9 heteroatoms. The molecule has 3 aliphatic rings. The fraction of sp³-hybridized carbons (Fsp3) is 0.750. The van der Waals surface area contributed by atoms with Gasteiger partial charge in [-0.25, -0.2) is 4.79 Å². The molecule has 0 spiro atoms. The van der Waals surface area contributed by atoms with E-state index in [0.29, 0.717) is 6.29 Å². The predicted octanol–water partition coefficient (Wildman–Crippen LogP) is -2.69. The average molecular weight is 302 g/mol. The van der Waals surface area contributed by atoms with Crippen molar-refractivity contribution in [3.05, 3.63) is 0 Å². The monoisotopic (exact) mass is 302 g/mol. The van der Waals surface area contributed by atoms with Gasteiger partial charge < -0.3 is 29.4 Å². The number of hydrogen-bond acceptors (Lipinski definition) is 8. The van der Waals surface area contributed by atoms with Gasteiger partial charge in [0, 0.05) is 13.5 Å². The number of amides is 1. The van der Waals surface area contributed by atoms with Crippen molar-refractivity contribution in [3.63, 3.8) is 0 Å². The Morgan fingerprint density at radius 3 is 2.90 bits per heavy atom. The van der Waals surface area contributed by atoms with Crippen molar-refractivity contribution in [2.75, 3.05) is 20.3 Å². The van der Waals surface area contributed by atoms with Crippen molar-refractivity contribution in [2.45, 2.75) is 37.0 Å². The van der Waals surface area contributed by atoms with Crippen LogP contribution in [0.3, 0.4) is 0 Å². The summed E-state index contributed by atoms with van der Waals surface area (Å²) >= 11 is 0. The first kappa shape index (κ1) is 15.8. The van der Waals surface area contributed by atoms with E-state index in [9.17, 15) is 19.5 Å². The first-order valence-electron chi connectivity index (χ1n) is 6.56. The van der Waals surface area contributed by atoms with Gasteiger partial charge >= 0.3 is 5.97 Å². The van der Waals surface area contributed by atoms with E-state index in [0.717, 1.165) is 0 Å². The SMILES string of the molecule is COC1C2COC(NCC(=O)NC(CC=O)C(=O)O2)C1O. The second-order valence-corrected chi connectivity index (χ2v) is 4.82. The van der Waals surface area contributed by atoms with Gasteiger partial charge in [0.1, 0.15) is 30.8 Å². The van der Waals surface area contributed by atoms with Crippen LogP contribution in [0.1, 0.15) is 6.42 Å². The molecule has 0 aromatic rings. The van der Waals surface area contributed by atoms with Gasteiger partial charge in [0.15, 0.2) is 6.10 Å². The fourth-order valence-corrected chi connectivity index (χ4v) is 2.34. The van der Waals surface area contributed by atoms with E-state index in [4.69, 9.17) is 14.2 Å². The Morgan fingerprint density at radius 1 is 1.48 bits per heavy atom. The smallest absolute Gasteiger partial charge is 0.329 e. The Morgan fingerprint density at radius 2 is 2.24 bits per heavy atom. The lowest BCUT2D eigenvalue weighted by atomic mass is 10.0. The number of esters is 1. The molecule has 5 unspecified atom stereocenters. The molecule has 3 N–H and O–H groups in total. The standard InChI is InChI=1S/C12H18N2O7/c1-19-10-7-5-20-11(9(10)17)13-4-8(16)14-6(2-3-15)12(18)21-7/h3,6-7,9-11,13,17H,2,4-5H2,1H3,(H,14,16). The third kappa shape index (κ3) is 3.56. The van der Waals surface area contributed by atoms with Crippen molar-refractivity contribution in [1.82, 2.24) is 10.6 Å². The number of nitrogens with one attached hydrogen (secondary N) is 2. The lowest BCUT2D eigenvalue weighted by molar-refractivity contribution is -0.217. The second-order valence-electron chi connectivity index (χ2n) is 4.82. The van der Waals surface area contributed by atoms with Crippen molar-refractivity contribution in [3.8, 4) is 0 Å². The summed E-state index contributed by atoms with van der Waals surface area (Å²) in [5, 5.41) is 15.2. The van der Waals surface area contributed by atoms with Gasteiger partial charge in [0.05, 0.1) is 13.2 Å². The predicted molar refractivity (Wildman–Crippen MR) is 67.0 cm³/mol. The zero-order valence-corrected chi connectivity index (χ0v) is 11.5. The molecule has 3 saturated heterocycles. The van der Waals surface area contributed by atoms with E-state index in [1.54, 1.807) is 0 Å². The number of aliphatic hydroxyl groups excluding tert-OH is 1. The Labute approximate surface area is 120 Å². The molecule has 0 aromatic heterocycles. The number of fused-ring (bicyclic) bond motifs is 8. The summed E-state index contributed by atoms with van der Waals surface area (Å²) in [6.45, 7) is -0.160. The topological polar surface area (TPSA) is 123 Å². The number of hydrogen-bond donors (Lipinski definition) is 3. The highest BCUT2D eigenvalue weighted by Gasteiger charge is 2.43. The lowest BCUT2D eigenvalue weighted by Crippen LogP contribution is -2.59. The molecule has 0 radical (unpaired) electrons. The Bertz CT molecular complexity index is 416. The van der Waals surface area contributed by atoms with Crippen LogP contribution in [0.2, 0.25) is 0 Å². The molecule has 5 atom stereocenters. The minimum absolute atomic E-state index is 0.0149. The van der Waals surface area contributed by atoms with Gasteiger partial charge in [0.25, 0.3) is 0 Å². The summed E-state index contributed by atoms with van der Waals surface area (Å²) in [7, 11) is 1.38. The van der Waals surface area contributed by atoms with Crippen LogP contribution in [0.5, 0.6) is 0 Å². The minimum atomic E-state index is -1.10. The van der Waals surface area contributed by atoms with E-state index < -0.39 is 42.5 Å². The maximum absolute atomic E-state index is 12.0. The average Bonchev–Trinajstić information content (AvgIpc) is 2.48. The number of rotatable bonds is 3. The van der Waals surface area contributed by atoms with Crippen LogP contribution >= 0.6 is 0 Å².